The molecule has 2 nitrogen and oxygen atoms in total. The van der Waals surface area contributed by atoms with Crippen molar-refractivity contribution < 1.29 is 0 Å². The number of fused-ring (bicyclic) bond motifs is 3. The zero-order chi connectivity index (χ0) is 17.4. The first-order valence-corrected chi connectivity index (χ1v) is 8.67. The molecule has 3 aromatic carbocycles. The largest absolute Gasteiger partial charge is 0.288 e. The third kappa shape index (κ3) is 2.74. The van der Waals surface area contributed by atoms with Crippen LogP contribution in [0.2, 0.25) is 0 Å². The van der Waals surface area contributed by atoms with E-state index in [0.717, 1.165) is 0 Å². The Kier molecular flexibility index (Phi) is 3.89. The van der Waals surface area contributed by atoms with Crippen LogP contribution in [0.15, 0.2) is 71.8 Å². The van der Waals surface area contributed by atoms with Gasteiger partial charge in [0.25, 0.3) is 0 Å². The maximum absolute atomic E-state index is 4.78. The Labute approximate surface area is 149 Å². The van der Waals surface area contributed by atoms with Gasteiger partial charge in [0.1, 0.15) is 0 Å². The molecule has 0 radical (unpaired) electrons. The minimum absolute atomic E-state index is 0.161. The van der Waals surface area contributed by atoms with Crippen LogP contribution < -0.4 is 0 Å². The molecule has 3 aromatic rings. The third-order valence-corrected chi connectivity index (χ3v) is 4.99. The number of hydrazone groups is 1. The molecule has 0 heterocycles. The molecule has 0 saturated carbocycles. The summed E-state index contributed by atoms with van der Waals surface area (Å²) in [5, 5.41) is 6.86. The summed E-state index contributed by atoms with van der Waals surface area (Å²) in [7, 11) is 2.06. The Bertz CT molecular complexity index is 910. The molecule has 0 atom stereocenters. The van der Waals surface area contributed by atoms with Crippen molar-refractivity contribution in [3.05, 3.63) is 94.5 Å². The average molecular weight is 326 g/mol. The predicted octanol–water partition coefficient (Wildman–Crippen LogP) is 5.34. The second kappa shape index (κ2) is 6.21. The van der Waals surface area contributed by atoms with Crippen molar-refractivity contribution in [2.24, 2.45) is 5.10 Å². The number of hydrogen-bond donors (Lipinski definition) is 0. The number of hydrogen-bond acceptors (Lipinski definition) is 2. The zero-order valence-corrected chi connectivity index (χ0v) is 14.9. The van der Waals surface area contributed by atoms with Crippen LogP contribution in [-0.4, -0.2) is 18.3 Å². The minimum atomic E-state index is 0.161. The van der Waals surface area contributed by atoms with Crippen LogP contribution in [0.25, 0.3) is 11.1 Å². The van der Waals surface area contributed by atoms with Gasteiger partial charge in [0, 0.05) is 7.05 Å². The van der Waals surface area contributed by atoms with E-state index in [4.69, 9.17) is 5.10 Å². The highest BCUT2D eigenvalue weighted by molar-refractivity contribution is 5.82. The van der Waals surface area contributed by atoms with Crippen molar-refractivity contribution in [3.8, 4) is 11.1 Å². The lowest BCUT2D eigenvalue weighted by molar-refractivity contribution is 0.300. The number of rotatable bonds is 3. The van der Waals surface area contributed by atoms with Crippen LogP contribution in [0.1, 0.15) is 33.9 Å². The molecular weight excluding hydrogens is 304 g/mol. The fourth-order valence-corrected chi connectivity index (χ4v) is 3.65. The molecule has 0 aliphatic heterocycles. The van der Waals surface area contributed by atoms with E-state index in [1.54, 1.807) is 0 Å². The Morgan fingerprint density at radius 1 is 0.840 bits per heavy atom. The number of aryl methyl sites for hydroxylation is 2. The summed E-state index contributed by atoms with van der Waals surface area (Å²) in [6.07, 6.45) is 1.98. The molecule has 124 valence electrons. The summed E-state index contributed by atoms with van der Waals surface area (Å²) in [6.45, 7) is 4.24. The zero-order valence-electron chi connectivity index (χ0n) is 14.9. The van der Waals surface area contributed by atoms with Gasteiger partial charge in [-0.1, -0.05) is 72.3 Å². The van der Waals surface area contributed by atoms with Crippen LogP contribution in [0.4, 0.5) is 0 Å². The highest BCUT2D eigenvalue weighted by Crippen LogP contribution is 2.45. The van der Waals surface area contributed by atoms with E-state index in [2.05, 4.69) is 92.6 Å². The van der Waals surface area contributed by atoms with Gasteiger partial charge in [-0.3, -0.25) is 5.01 Å². The van der Waals surface area contributed by atoms with Crippen molar-refractivity contribution in [3.63, 3.8) is 0 Å². The Morgan fingerprint density at radius 2 is 1.44 bits per heavy atom. The van der Waals surface area contributed by atoms with Crippen molar-refractivity contribution in [1.82, 2.24) is 5.01 Å². The van der Waals surface area contributed by atoms with E-state index in [0.29, 0.717) is 0 Å². The molecule has 2 heteroatoms. The van der Waals surface area contributed by atoms with Crippen LogP contribution in [0.3, 0.4) is 0 Å². The second-order valence-electron chi connectivity index (χ2n) is 6.76. The maximum Gasteiger partial charge on any atom is 0.0978 e. The molecule has 0 aromatic heterocycles. The fourth-order valence-electron chi connectivity index (χ4n) is 3.65. The van der Waals surface area contributed by atoms with E-state index in [1.165, 1.54) is 38.9 Å². The molecule has 0 unspecified atom stereocenters. The van der Waals surface area contributed by atoms with E-state index >= 15 is 0 Å². The molecule has 1 aliphatic rings. The molecule has 1 aliphatic carbocycles. The quantitative estimate of drug-likeness (QED) is 0.468. The van der Waals surface area contributed by atoms with Gasteiger partial charge >= 0.3 is 0 Å². The van der Waals surface area contributed by atoms with Gasteiger partial charge in [-0.25, -0.2) is 0 Å². The van der Waals surface area contributed by atoms with Gasteiger partial charge in [-0.05, 0) is 47.2 Å². The van der Waals surface area contributed by atoms with Crippen LogP contribution >= 0.6 is 0 Å². The lowest BCUT2D eigenvalue weighted by Crippen LogP contribution is -2.18. The Balaban J connectivity index is 1.72. The normalized spacial score (nSPS) is 13.1. The lowest BCUT2D eigenvalue weighted by atomic mass is 10.1. The molecule has 0 spiro atoms. The van der Waals surface area contributed by atoms with Gasteiger partial charge in [-0.2, -0.15) is 5.10 Å². The summed E-state index contributed by atoms with van der Waals surface area (Å²) < 4.78 is 0. The third-order valence-electron chi connectivity index (χ3n) is 4.99. The van der Waals surface area contributed by atoms with E-state index in [9.17, 15) is 0 Å². The van der Waals surface area contributed by atoms with Crippen molar-refractivity contribution in [1.29, 1.82) is 0 Å². The fraction of sp³-hybridized carbons (Fsp3) is 0.174. The lowest BCUT2D eigenvalue weighted by Gasteiger charge is -2.23. The minimum Gasteiger partial charge on any atom is -0.288 e. The van der Waals surface area contributed by atoms with Gasteiger partial charge < -0.3 is 0 Å². The molecule has 25 heavy (non-hydrogen) atoms. The van der Waals surface area contributed by atoms with Gasteiger partial charge in [0.2, 0.25) is 0 Å². The summed E-state index contributed by atoms with van der Waals surface area (Å²) in [6, 6.07) is 23.9. The van der Waals surface area contributed by atoms with Gasteiger partial charge in [0.05, 0.1) is 12.3 Å². The first-order valence-electron chi connectivity index (χ1n) is 8.67. The van der Waals surface area contributed by atoms with E-state index < -0.39 is 0 Å². The molecule has 0 bridgehead atoms. The van der Waals surface area contributed by atoms with E-state index in [-0.39, 0.29) is 6.04 Å². The number of nitrogens with zero attached hydrogens (tertiary/aromatic N) is 2. The molecular formula is C23H22N2. The van der Waals surface area contributed by atoms with Crippen LogP contribution in [-0.2, 0) is 0 Å². The van der Waals surface area contributed by atoms with Crippen LogP contribution in [0, 0.1) is 13.8 Å². The number of benzene rings is 3. The van der Waals surface area contributed by atoms with Gasteiger partial charge in [0.15, 0.2) is 0 Å². The van der Waals surface area contributed by atoms with Crippen molar-refractivity contribution in [2.45, 2.75) is 19.9 Å². The Morgan fingerprint density at radius 3 is 2.08 bits per heavy atom. The van der Waals surface area contributed by atoms with Gasteiger partial charge in [-0.15, -0.1) is 0 Å². The molecule has 0 saturated heterocycles. The first kappa shape index (κ1) is 15.6. The van der Waals surface area contributed by atoms with E-state index in [1.807, 2.05) is 6.21 Å². The first-order chi connectivity index (χ1) is 12.1. The monoisotopic (exact) mass is 326 g/mol. The Hall–Kier alpha value is -2.87. The van der Waals surface area contributed by atoms with Crippen molar-refractivity contribution >= 4 is 6.21 Å². The smallest absolute Gasteiger partial charge is 0.0978 e. The summed E-state index contributed by atoms with van der Waals surface area (Å²) in [5.74, 6) is 0. The molecule has 0 fully saturated rings. The highest BCUT2D eigenvalue weighted by atomic mass is 15.4. The SMILES string of the molecule is Cc1ccc(C)c(C=NN(C)C2c3ccccc3-c3ccccc32)c1. The summed E-state index contributed by atoms with van der Waals surface area (Å²) in [4.78, 5) is 0. The molecule has 0 N–H and O–H groups in total. The van der Waals surface area contributed by atoms with Crippen LogP contribution in [0.5, 0.6) is 0 Å². The molecule has 4 rings (SSSR count). The highest BCUT2D eigenvalue weighted by Gasteiger charge is 2.30. The summed E-state index contributed by atoms with van der Waals surface area (Å²) in [5.41, 5.74) is 8.95. The van der Waals surface area contributed by atoms with Crippen molar-refractivity contribution in [2.75, 3.05) is 7.05 Å². The summed E-state index contributed by atoms with van der Waals surface area (Å²) >= 11 is 0. The maximum atomic E-state index is 4.78. The standard InChI is InChI=1S/C23H22N2/c1-16-12-13-17(2)18(14-16)15-24-25(3)23-21-10-6-4-8-19(21)20-9-5-7-11-22(20)23/h4-15,23H,1-3H3. The molecule has 0 amide bonds. The topological polar surface area (TPSA) is 15.6 Å². The average Bonchev–Trinajstić information content (AvgIpc) is 2.97. The predicted molar refractivity (Wildman–Crippen MR) is 105 cm³/mol. The second-order valence-corrected chi connectivity index (χ2v) is 6.76.